The van der Waals surface area contributed by atoms with E-state index in [1.54, 1.807) is 12.1 Å². The minimum absolute atomic E-state index is 0.0169. The maximum Gasteiger partial charge on any atom is 0.273 e. The normalized spacial score (nSPS) is 10.1. The molecule has 0 radical (unpaired) electrons. The molecule has 6 rings (SSSR count). The van der Waals surface area contributed by atoms with Gasteiger partial charge in [0.1, 0.15) is 11.5 Å². The molecule has 0 aliphatic heterocycles. The Morgan fingerprint density at radius 2 is 1.04 bits per heavy atom. The third-order valence-corrected chi connectivity index (χ3v) is 6.44. The van der Waals surface area contributed by atoms with E-state index in [2.05, 4.69) is 15.0 Å². The van der Waals surface area contributed by atoms with Crippen LogP contribution in [0.15, 0.2) is 106 Å². The van der Waals surface area contributed by atoms with Crippen LogP contribution < -0.4 is 9.47 Å². The quantitative estimate of drug-likeness (QED) is 0.105. The van der Waals surface area contributed by atoms with Crippen LogP contribution in [-0.2, 0) is 0 Å². The molecule has 18 heteroatoms. The third-order valence-electron chi connectivity index (χ3n) is 6.13. The summed E-state index contributed by atoms with van der Waals surface area (Å²) in [5.41, 5.74) is 1.76. The smallest absolute Gasteiger partial charge is 0.273 e. The maximum absolute atomic E-state index is 10.7. The van der Waals surface area contributed by atoms with Gasteiger partial charge in [-0.1, -0.05) is 11.6 Å². The molecule has 0 spiro atoms. The molecule has 17 nitrogen and oxygen atoms in total. The van der Waals surface area contributed by atoms with E-state index in [9.17, 15) is 30.3 Å². The lowest BCUT2D eigenvalue weighted by Gasteiger charge is -2.07. The molecule has 0 unspecified atom stereocenters. The van der Waals surface area contributed by atoms with Crippen LogP contribution in [0.3, 0.4) is 0 Å². The molecule has 0 bridgehead atoms. The van der Waals surface area contributed by atoms with Crippen molar-refractivity contribution in [3.05, 3.63) is 128 Å². The summed E-state index contributed by atoms with van der Waals surface area (Å²) >= 11 is 5.87. The molecule has 0 fully saturated rings. The van der Waals surface area contributed by atoms with Crippen molar-refractivity contribution in [1.82, 2.24) is 15.0 Å². The minimum atomic E-state index is -0.504. The minimum Gasteiger partial charge on any atom is -0.496 e. The Morgan fingerprint density at radius 1 is 0.646 bits per heavy atom. The first-order chi connectivity index (χ1) is 23.1. The van der Waals surface area contributed by atoms with Crippen LogP contribution in [0.4, 0.5) is 17.1 Å². The fourth-order valence-corrected chi connectivity index (χ4v) is 4.23. The Hall–Kier alpha value is -6.62. The summed E-state index contributed by atoms with van der Waals surface area (Å²) < 4.78 is 25.7. The number of nitro benzene ring substituents is 3. The second-order valence-corrected chi connectivity index (χ2v) is 9.44. The van der Waals surface area contributed by atoms with Gasteiger partial charge in [0.15, 0.2) is 36.5 Å². The van der Waals surface area contributed by atoms with Gasteiger partial charge in [0.25, 0.3) is 17.1 Å². The topological polar surface area (TPSA) is 226 Å². The molecule has 0 saturated heterocycles. The lowest BCUT2D eigenvalue weighted by atomic mass is 10.1. The molecule has 246 valence electrons. The van der Waals surface area contributed by atoms with Gasteiger partial charge >= 0.3 is 0 Å². The van der Waals surface area contributed by atoms with Gasteiger partial charge in [-0.25, -0.2) is 15.0 Å². The van der Waals surface area contributed by atoms with Gasteiger partial charge in [-0.3, -0.25) is 30.3 Å². The summed E-state index contributed by atoms with van der Waals surface area (Å²) in [5.74, 6) is 2.30. The van der Waals surface area contributed by atoms with Crippen molar-refractivity contribution in [3.63, 3.8) is 0 Å². The number of ether oxygens (including phenoxy) is 2. The molecule has 0 N–H and O–H groups in total. The molecule has 0 aliphatic rings. The van der Waals surface area contributed by atoms with Gasteiger partial charge in [0.05, 0.1) is 75.4 Å². The third kappa shape index (κ3) is 8.55. The molecular weight excluding hydrogens is 656 g/mol. The number of benzene rings is 3. The van der Waals surface area contributed by atoms with Gasteiger partial charge in [0, 0.05) is 29.8 Å². The molecule has 48 heavy (non-hydrogen) atoms. The zero-order valence-corrected chi connectivity index (χ0v) is 25.7. The van der Waals surface area contributed by atoms with Gasteiger partial charge in [-0.15, -0.1) is 0 Å². The second kappa shape index (κ2) is 16.1. The maximum atomic E-state index is 10.7. The summed E-state index contributed by atoms with van der Waals surface area (Å²) in [6.45, 7) is 2.23. The van der Waals surface area contributed by atoms with Crippen molar-refractivity contribution in [3.8, 4) is 45.5 Å². The van der Waals surface area contributed by atoms with Gasteiger partial charge in [0.2, 0.25) is 0 Å². The number of halogens is 1. The van der Waals surface area contributed by atoms with Crippen molar-refractivity contribution in [2.24, 2.45) is 0 Å². The number of rotatable bonds is 9. The van der Waals surface area contributed by atoms with Crippen LogP contribution in [0.5, 0.6) is 11.5 Å². The van der Waals surface area contributed by atoms with Gasteiger partial charge in [-0.2, -0.15) is 0 Å². The first-order valence-electron chi connectivity index (χ1n) is 13.5. The highest BCUT2D eigenvalue weighted by molar-refractivity contribution is 6.33. The average molecular weight is 679 g/mol. The zero-order valence-electron chi connectivity index (χ0n) is 24.9. The van der Waals surface area contributed by atoms with Crippen LogP contribution >= 0.6 is 11.6 Å². The van der Waals surface area contributed by atoms with Crippen LogP contribution in [0.2, 0.25) is 5.02 Å². The Morgan fingerprint density at radius 3 is 1.42 bits per heavy atom. The van der Waals surface area contributed by atoms with E-state index in [1.807, 2.05) is 6.92 Å². The SMILES string of the molecule is CCOc1cc([N+](=O)[O-])ccc1-c1cnco1.COc1cc([N+](=O)[O-])ccc1-c1cnco1.O=[N+]([O-])c1ccc(-c2cnco2)c(Cl)c1. The van der Waals surface area contributed by atoms with Crippen LogP contribution in [0.1, 0.15) is 6.92 Å². The predicted octanol–water partition coefficient (Wildman–Crippen LogP) is 7.81. The van der Waals surface area contributed by atoms with E-state index in [1.165, 1.54) is 87.3 Å². The molecule has 3 heterocycles. The molecule has 6 aromatic rings. The monoisotopic (exact) mass is 678 g/mol. The van der Waals surface area contributed by atoms with Crippen LogP contribution in [0, 0.1) is 30.3 Å². The van der Waals surface area contributed by atoms with Crippen molar-refractivity contribution < 1.29 is 37.5 Å². The standard InChI is InChI=1S/C11H10N2O4.C10H8N2O4.C9H5ClN2O3/c1-2-16-10-5-8(13(14)15)3-4-9(10)11-6-12-7-17-11;1-15-9-4-7(12(13)14)2-3-8(9)10-5-11-6-16-10;10-8-3-6(12(13)14)1-2-7(8)9-4-11-5-15-9/h3-7H,2H2,1H3;2-6H,1H3;1-5H. The number of nitro groups is 3. The predicted molar refractivity (Wildman–Crippen MR) is 169 cm³/mol. The van der Waals surface area contributed by atoms with Gasteiger partial charge in [-0.05, 0) is 25.1 Å². The molecule has 0 amide bonds. The summed E-state index contributed by atoms with van der Waals surface area (Å²) in [5, 5.41) is 32.0. The first kappa shape index (κ1) is 34.3. The largest absolute Gasteiger partial charge is 0.496 e. The summed E-state index contributed by atoms with van der Waals surface area (Å²) in [4.78, 5) is 41.6. The summed E-state index contributed by atoms with van der Waals surface area (Å²) in [6.07, 6.45) is 8.40. The van der Waals surface area contributed by atoms with Crippen LogP contribution in [-0.4, -0.2) is 43.4 Å². The fraction of sp³-hybridized carbons (Fsp3) is 0.100. The number of nitrogens with zero attached hydrogens (tertiary/aromatic N) is 6. The second-order valence-electron chi connectivity index (χ2n) is 9.03. The van der Waals surface area contributed by atoms with E-state index >= 15 is 0 Å². The zero-order chi connectivity index (χ0) is 34.6. The Balaban J connectivity index is 0.000000163. The van der Waals surface area contributed by atoms with E-state index in [4.69, 9.17) is 34.3 Å². The summed E-state index contributed by atoms with van der Waals surface area (Å²) in [6, 6.07) is 12.8. The molecular formula is C30H23ClN6O11. The van der Waals surface area contributed by atoms with Crippen molar-refractivity contribution in [2.45, 2.75) is 6.92 Å². The Kier molecular flexibility index (Phi) is 11.5. The molecule has 3 aromatic heterocycles. The number of oxazole rings is 3. The first-order valence-corrected chi connectivity index (χ1v) is 13.8. The molecule has 0 atom stereocenters. The Bertz CT molecular complexity index is 1980. The fourth-order valence-electron chi connectivity index (χ4n) is 3.96. The molecule has 3 aromatic carbocycles. The highest BCUT2D eigenvalue weighted by atomic mass is 35.5. The van der Waals surface area contributed by atoms with E-state index in [0.717, 1.165) is 0 Å². The van der Waals surface area contributed by atoms with Crippen LogP contribution in [0.25, 0.3) is 34.0 Å². The highest BCUT2D eigenvalue weighted by Gasteiger charge is 2.16. The molecule has 0 aliphatic carbocycles. The van der Waals surface area contributed by atoms with E-state index in [0.29, 0.717) is 52.1 Å². The van der Waals surface area contributed by atoms with Gasteiger partial charge < -0.3 is 22.7 Å². The van der Waals surface area contributed by atoms with E-state index in [-0.39, 0.29) is 22.1 Å². The Labute approximate surface area is 274 Å². The number of non-ortho nitro benzene ring substituents is 3. The lowest BCUT2D eigenvalue weighted by molar-refractivity contribution is -0.385. The average Bonchev–Trinajstić information content (AvgIpc) is 3.90. The van der Waals surface area contributed by atoms with Crippen molar-refractivity contribution in [2.75, 3.05) is 13.7 Å². The lowest BCUT2D eigenvalue weighted by Crippen LogP contribution is -1.96. The number of hydrogen-bond donors (Lipinski definition) is 0. The van der Waals surface area contributed by atoms with Crippen molar-refractivity contribution in [1.29, 1.82) is 0 Å². The summed E-state index contributed by atoms with van der Waals surface area (Å²) in [7, 11) is 1.44. The number of methoxy groups -OCH3 is 1. The molecule has 0 saturated carbocycles. The highest BCUT2D eigenvalue weighted by Crippen LogP contribution is 2.34. The van der Waals surface area contributed by atoms with Crippen molar-refractivity contribution >= 4 is 28.7 Å². The number of aromatic nitrogens is 3. The van der Waals surface area contributed by atoms with E-state index < -0.39 is 14.8 Å². The number of hydrogen-bond acceptors (Lipinski definition) is 14.